The third-order valence-corrected chi connectivity index (χ3v) is 6.04. The van der Waals surface area contributed by atoms with Crippen molar-refractivity contribution >= 4 is 34.5 Å². The van der Waals surface area contributed by atoms with Crippen molar-refractivity contribution in [3.8, 4) is 0 Å². The number of aryl methyl sites for hydroxylation is 1. The molecule has 2 aliphatic carbocycles. The molecule has 108 valence electrons. The molecule has 1 atom stereocenters. The van der Waals surface area contributed by atoms with Crippen molar-refractivity contribution < 1.29 is 4.79 Å². The summed E-state index contributed by atoms with van der Waals surface area (Å²) in [5.74, 6) is 0.567. The normalized spacial score (nSPS) is 32.0. The maximum Gasteiger partial charge on any atom is 0.233 e. The number of carbonyl (C=O) groups is 1. The summed E-state index contributed by atoms with van der Waals surface area (Å²) in [6.45, 7) is 2.14. The highest BCUT2D eigenvalue weighted by Gasteiger charge is 2.51. The van der Waals surface area contributed by atoms with Crippen LogP contribution >= 0.6 is 23.6 Å². The van der Waals surface area contributed by atoms with Crippen molar-refractivity contribution in [3.05, 3.63) is 21.9 Å². The van der Waals surface area contributed by atoms with E-state index in [-0.39, 0.29) is 11.9 Å². The molecule has 2 aliphatic rings. The van der Waals surface area contributed by atoms with Gasteiger partial charge in [0.05, 0.1) is 16.4 Å². The lowest BCUT2D eigenvalue weighted by molar-refractivity contribution is -0.133. The summed E-state index contributed by atoms with van der Waals surface area (Å²) in [7, 11) is 0. The van der Waals surface area contributed by atoms with Crippen molar-refractivity contribution in [1.29, 1.82) is 0 Å². The van der Waals surface area contributed by atoms with Gasteiger partial charge in [-0.3, -0.25) is 4.79 Å². The zero-order valence-electron chi connectivity index (χ0n) is 11.6. The van der Waals surface area contributed by atoms with Gasteiger partial charge in [0.15, 0.2) is 0 Å². The van der Waals surface area contributed by atoms with Crippen LogP contribution in [-0.2, 0) is 11.2 Å². The summed E-state index contributed by atoms with van der Waals surface area (Å²) in [4.78, 5) is 14.4. The number of rotatable bonds is 3. The van der Waals surface area contributed by atoms with Crippen molar-refractivity contribution in [3.63, 3.8) is 0 Å². The van der Waals surface area contributed by atoms with E-state index in [0.717, 1.165) is 32.1 Å². The number of fused-ring (bicyclic) bond motifs is 1. The minimum Gasteiger partial charge on any atom is -0.392 e. The topological polar surface area (TPSA) is 55.1 Å². The number of hydrogen-bond donors (Lipinski definition) is 2. The third kappa shape index (κ3) is 2.17. The molecule has 0 spiro atoms. The lowest BCUT2D eigenvalue weighted by Crippen LogP contribution is -2.56. The van der Waals surface area contributed by atoms with Crippen LogP contribution in [0.1, 0.15) is 49.1 Å². The molecule has 0 radical (unpaired) electrons. The Morgan fingerprint density at radius 3 is 2.95 bits per heavy atom. The van der Waals surface area contributed by atoms with E-state index in [9.17, 15) is 4.79 Å². The Morgan fingerprint density at radius 1 is 1.55 bits per heavy atom. The van der Waals surface area contributed by atoms with Gasteiger partial charge in [0.25, 0.3) is 0 Å². The average Bonchev–Trinajstić information content (AvgIpc) is 2.83. The molecule has 0 aliphatic heterocycles. The number of nitrogens with one attached hydrogen (secondary N) is 1. The molecule has 3 nitrogen and oxygen atoms in total. The SMILES string of the molecule is CC1CC(C(=O)NC2CCCc3sccc32)(C(N)=S)C1. The highest BCUT2D eigenvalue weighted by molar-refractivity contribution is 7.80. The first-order valence-corrected chi connectivity index (χ1v) is 8.49. The Labute approximate surface area is 128 Å². The first kappa shape index (κ1) is 14.0. The van der Waals surface area contributed by atoms with Crippen LogP contribution in [0.5, 0.6) is 0 Å². The van der Waals surface area contributed by atoms with Gasteiger partial charge >= 0.3 is 0 Å². The van der Waals surface area contributed by atoms with Crippen molar-refractivity contribution in [1.82, 2.24) is 5.32 Å². The van der Waals surface area contributed by atoms with E-state index in [1.165, 1.54) is 10.4 Å². The highest BCUT2D eigenvalue weighted by atomic mass is 32.1. The molecule has 5 heteroatoms. The fourth-order valence-corrected chi connectivity index (χ4v) is 4.81. The molecule has 0 saturated heterocycles. The Balaban J connectivity index is 1.76. The minimum atomic E-state index is -0.595. The smallest absolute Gasteiger partial charge is 0.233 e. The average molecular weight is 308 g/mol. The molecule has 1 aromatic rings. The summed E-state index contributed by atoms with van der Waals surface area (Å²) < 4.78 is 0. The van der Waals surface area contributed by atoms with Gasteiger partial charge < -0.3 is 11.1 Å². The molecule has 3 N–H and O–H groups in total. The molecular weight excluding hydrogens is 288 g/mol. The number of nitrogens with two attached hydrogens (primary N) is 1. The summed E-state index contributed by atoms with van der Waals surface area (Å²) in [5, 5.41) is 5.32. The van der Waals surface area contributed by atoms with Gasteiger partial charge in [0, 0.05) is 4.88 Å². The maximum atomic E-state index is 12.7. The summed E-state index contributed by atoms with van der Waals surface area (Å²) in [6.07, 6.45) is 4.86. The molecule has 1 fully saturated rings. The number of thiocarbonyl (C=S) groups is 1. The first-order chi connectivity index (χ1) is 9.53. The largest absolute Gasteiger partial charge is 0.392 e. The van der Waals surface area contributed by atoms with Crippen LogP contribution in [0.25, 0.3) is 0 Å². The van der Waals surface area contributed by atoms with Crippen molar-refractivity contribution in [2.24, 2.45) is 17.1 Å². The second-order valence-electron chi connectivity index (χ2n) is 6.18. The van der Waals surface area contributed by atoms with Gasteiger partial charge in [-0.1, -0.05) is 19.1 Å². The van der Waals surface area contributed by atoms with Gasteiger partial charge in [-0.2, -0.15) is 0 Å². The Hall–Kier alpha value is -0.940. The Morgan fingerprint density at radius 2 is 2.30 bits per heavy atom. The van der Waals surface area contributed by atoms with Gasteiger partial charge in [-0.05, 0) is 55.0 Å². The third-order valence-electron chi connectivity index (χ3n) is 4.66. The quantitative estimate of drug-likeness (QED) is 0.844. The zero-order chi connectivity index (χ0) is 14.3. The van der Waals surface area contributed by atoms with E-state index in [1.807, 2.05) is 0 Å². The predicted molar refractivity (Wildman–Crippen MR) is 85.8 cm³/mol. The van der Waals surface area contributed by atoms with E-state index >= 15 is 0 Å². The molecule has 20 heavy (non-hydrogen) atoms. The number of hydrogen-bond acceptors (Lipinski definition) is 3. The molecule has 1 saturated carbocycles. The predicted octanol–water partition coefficient (Wildman–Crippen LogP) is 2.94. The fraction of sp³-hybridized carbons (Fsp3) is 0.600. The van der Waals surface area contributed by atoms with Crippen LogP contribution in [0, 0.1) is 11.3 Å². The lowest BCUT2D eigenvalue weighted by Gasteiger charge is -2.45. The Kier molecular flexibility index (Phi) is 3.58. The minimum absolute atomic E-state index is 0.0344. The van der Waals surface area contributed by atoms with E-state index in [4.69, 9.17) is 18.0 Å². The van der Waals surface area contributed by atoms with Crippen molar-refractivity contribution in [2.75, 3.05) is 0 Å². The van der Waals surface area contributed by atoms with Crippen LogP contribution < -0.4 is 11.1 Å². The summed E-state index contributed by atoms with van der Waals surface area (Å²) in [6, 6.07) is 2.28. The van der Waals surface area contributed by atoms with Crippen molar-refractivity contribution in [2.45, 2.75) is 45.1 Å². The molecule has 1 heterocycles. The van der Waals surface area contributed by atoms with Crippen LogP contribution in [0.3, 0.4) is 0 Å². The Bertz CT molecular complexity index is 546. The van der Waals surface area contributed by atoms with Crippen LogP contribution in [0.2, 0.25) is 0 Å². The molecule has 3 rings (SSSR count). The zero-order valence-corrected chi connectivity index (χ0v) is 13.3. The second-order valence-corrected chi connectivity index (χ2v) is 7.62. The summed E-state index contributed by atoms with van der Waals surface area (Å²) >= 11 is 6.95. The highest BCUT2D eigenvalue weighted by Crippen LogP contribution is 2.46. The van der Waals surface area contributed by atoms with E-state index in [1.54, 1.807) is 11.3 Å². The van der Waals surface area contributed by atoms with E-state index in [0.29, 0.717) is 10.9 Å². The number of thiophene rings is 1. The van der Waals surface area contributed by atoms with Crippen LogP contribution in [0.15, 0.2) is 11.4 Å². The fourth-order valence-electron chi connectivity index (χ4n) is 3.56. The summed E-state index contributed by atoms with van der Waals surface area (Å²) in [5.41, 5.74) is 6.55. The molecule has 1 amide bonds. The molecule has 1 aromatic heterocycles. The van der Waals surface area contributed by atoms with Gasteiger partial charge in [0.2, 0.25) is 5.91 Å². The molecule has 0 bridgehead atoms. The second kappa shape index (κ2) is 5.11. The van der Waals surface area contributed by atoms with E-state index in [2.05, 4.69) is 23.7 Å². The molecule has 0 aromatic carbocycles. The molecule has 1 unspecified atom stereocenters. The van der Waals surface area contributed by atoms with Gasteiger partial charge in [-0.25, -0.2) is 0 Å². The van der Waals surface area contributed by atoms with Gasteiger partial charge in [-0.15, -0.1) is 11.3 Å². The maximum absolute atomic E-state index is 12.7. The number of amides is 1. The van der Waals surface area contributed by atoms with Crippen LogP contribution in [0.4, 0.5) is 0 Å². The molecular formula is C15H20N2OS2. The monoisotopic (exact) mass is 308 g/mol. The van der Waals surface area contributed by atoms with Gasteiger partial charge in [0.1, 0.15) is 0 Å². The lowest BCUT2D eigenvalue weighted by atomic mass is 9.62. The first-order valence-electron chi connectivity index (χ1n) is 7.20. The van der Waals surface area contributed by atoms with Crippen LogP contribution in [-0.4, -0.2) is 10.9 Å². The standard InChI is InChI=1S/C15H20N2OS2/c1-9-7-15(8-9,13(16)19)14(18)17-11-3-2-4-12-10(11)5-6-20-12/h5-6,9,11H,2-4,7-8H2,1H3,(H2,16,19)(H,17,18). The van der Waals surface area contributed by atoms with E-state index < -0.39 is 5.41 Å². The number of carbonyl (C=O) groups excluding carboxylic acids is 1.